The van der Waals surface area contributed by atoms with Crippen LogP contribution in [0.2, 0.25) is 0 Å². The van der Waals surface area contributed by atoms with E-state index in [0.717, 1.165) is 33.2 Å². The summed E-state index contributed by atoms with van der Waals surface area (Å²) in [4.78, 5) is 0. The van der Waals surface area contributed by atoms with Gasteiger partial charge in [-0.2, -0.15) is 15.3 Å². The highest BCUT2D eigenvalue weighted by atomic mass is 15.2. The lowest BCUT2D eigenvalue weighted by atomic mass is 10.1. The van der Waals surface area contributed by atoms with Gasteiger partial charge in [-0.1, -0.05) is 18.2 Å². The van der Waals surface area contributed by atoms with Crippen LogP contribution >= 0.6 is 0 Å². The molecule has 3 heterocycles. The van der Waals surface area contributed by atoms with Gasteiger partial charge in [-0.25, -0.2) is 0 Å². The predicted octanol–water partition coefficient (Wildman–Crippen LogP) is 3.22. The monoisotopic (exact) mass is 342 g/mol. The van der Waals surface area contributed by atoms with Gasteiger partial charge in [0.15, 0.2) is 5.82 Å². The van der Waals surface area contributed by atoms with Crippen LogP contribution in [0.1, 0.15) is 0 Å². The number of anilines is 3. The second-order valence-electron chi connectivity index (χ2n) is 5.94. The van der Waals surface area contributed by atoms with Crippen LogP contribution in [0.5, 0.6) is 0 Å². The van der Waals surface area contributed by atoms with Gasteiger partial charge < -0.3 is 11.1 Å². The lowest BCUT2D eigenvalue weighted by Crippen LogP contribution is -2.02. The Morgan fingerprint density at radius 1 is 0.962 bits per heavy atom. The van der Waals surface area contributed by atoms with Crippen molar-refractivity contribution in [1.29, 1.82) is 0 Å². The summed E-state index contributed by atoms with van der Waals surface area (Å²) in [5, 5.41) is 28.0. The molecule has 8 heteroatoms. The fraction of sp³-hybridized carbons (Fsp3) is 0. The summed E-state index contributed by atoms with van der Waals surface area (Å²) in [5.74, 6) is 0.543. The number of nitrogens with zero attached hydrogens (tertiary/aromatic N) is 4. The molecule has 0 amide bonds. The third-order valence-electron chi connectivity index (χ3n) is 4.29. The quantitative estimate of drug-likeness (QED) is 0.399. The Bertz CT molecular complexity index is 1240. The topological polar surface area (TPSA) is 121 Å². The van der Waals surface area contributed by atoms with E-state index in [1.165, 1.54) is 6.20 Å². The summed E-state index contributed by atoms with van der Waals surface area (Å²) in [6.45, 7) is 0. The number of H-pyrrole nitrogens is 2. The van der Waals surface area contributed by atoms with E-state index >= 15 is 0 Å². The number of para-hydroxylation sites is 1. The number of hydrogen-bond donors (Lipinski definition) is 4. The molecular weight excluding hydrogens is 328 g/mol. The second kappa shape index (κ2) is 5.55. The molecule has 0 aliphatic rings. The number of nitrogens with one attached hydrogen (secondary N) is 3. The number of hydrogen-bond acceptors (Lipinski definition) is 6. The maximum atomic E-state index is 6.22. The summed E-state index contributed by atoms with van der Waals surface area (Å²) in [5.41, 5.74) is 10.9. The Morgan fingerprint density at radius 3 is 2.85 bits per heavy atom. The fourth-order valence-electron chi connectivity index (χ4n) is 3.04. The summed E-state index contributed by atoms with van der Waals surface area (Å²) < 4.78 is 0. The number of nitrogen functional groups attached to an aromatic ring is 1. The Labute approximate surface area is 147 Å². The molecule has 5 rings (SSSR count). The summed E-state index contributed by atoms with van der Waals surface area (Å²) >= 11 is 0. The van der Waals surface area contributed by atoms with E-state index in [0.29, 0.717) is 17.1 Å². The molecule has 0 fully saturated rings. The average Bonchev–Trinajstić information content (AvgIpc) is 3.28. The molecule has 5 N–H and O–H groups in total. The van der Waals surface area contributed by atoms with Crippen molar-refractivity contribution in [3.8, 4) is 11.3 Å². The average molecular weight is 342 g/mol. The van der Waals surface area contributed by atoms with Gasteiger partial charge in [0.25, 0.3) is 0 Å². The largest absolute Gasteiger partial charge is 0.397 e. The van der Waals surface area contributed by atoms with Gasteiger partial charge in [0.2, 0.25) is 0 Å². The molecule has 0 radical (unpaired) electrons. The van der Waals surface area contributed by atoms with Crippen LogP contribution in [-0.4, -0.2) is 30.6 Å². The fourth-order valence-corrected chi connectivity index (χ4v) is 3.04. The van der Waals surface area contributed by atoms with Crippen LogP contribution in [-0.2, 0) is 0 Å². The minimum Gasteiger partial charge on any atom is -0.397 e. The zero-order valence-corrected chi connectivity index (χ0v) is 13.6. The lowest BCUT2D eigenvalue weighted by Gasteiger charge is -2.11. The molecule has 0 saturated heterocycles. The first kappa shape index (κ1) is 14.4. The third-order valence-corrected chi connectivity index (χ3v) is 4.29. The second-order valence-corrected chi connectivity index (χ2v) is 5.94. The molecule has 0 bridgehead atoms. The van der Waals surface area contributed by atoms with Gasteiger partial charge in [-0.15, -0.1) is 5.10 Å². The zero-order chi connectivity index (χ0) is 17.5. The first-order chi connectivity index (χ1) is 12.8. The third kappa shape index (κ3) is 2.24. The maximum Gasteiger partial charge on any atom is 0.164 e. The van der Waals surface area contributed by atoms with Crippen molar-refractivity contribution in [1.82, 2.24) is 30.6 Å². The minimum atomic E-state index is 0.502. The highest BCUT2D eigenvalue weighted by Gasteiger charge is 2.17. The molecule has 0 unspecified atom stereocenters. The highest BCUT2D eigenvalue weighted by Crippen LogP contribution is 2.36. The van der Waals surface area contributed by atoms with Crippen molar-refractivity contribution in [2.45, 2.75) is 0 Å². The van der Waals surface area contributed by atoms with E-state index in [1.54, 1.807) is 6.20 Å². The number of fused-ring (bicyclic) bond motifs is 2. The molecule has 5 aromatic rings. The summed E-state index contributed by atoms with van der Waals surface area (Å²) in [6.07, 6.45) is 3.31. The van der Waals surface area contributed by atoms with Gasteiger partial charge in [0.1, 0.15) is 5.69 Å². The van der Waals surface area contributed by atoms with Crippen LogP contribution in [0.4, 0.5) is 17.2 Å². The molecule has 0 atom stereocenters. The number of aromatic nitrogens is 6. The number of rotatable bonds is 3. The molecule has 26 heavy (non-hydrogen) atoms. The van der Waals surface area contributed by atoms with Crippen molar-refractivity contribution in [2.24, 2.45) is 0 Å². The van der Waals surface area contributed by atoms with Crippen LogP contribution in [0.15, 0.2) is 54.9 Å². The van der Waals surface area contributed by atoms with Crippen molar-refractivity contribution in [3.63, 3.8) is 0 Å². The summed E-state index contributed by atoms with van der Waals surface area (Å²) in [7, 11) is 0. The van der Waals surface area contributed by atoms with Crippen LogP contribution in [0.3, 0.4) is 0 Å². The van der Waals surface area contributed by atoms with Crippen molar-refractivity contribution < 1.29 is 0 Å². The van der Waals surface area contributed by atoms with Crippen molar-refractivity contribution >= 4 is 39.0 Å². The highest BCUT2D eigenvalue weighted by molar-refractivity contribution is 5.99. The molecule has 3 aromatic heterocycles. The first-order valence-corrected chi connectivity index (χ1v) is 8.04. The molecule has 0 spiro atoms. The maximum absolute atomic E-state index is 6.22. The van der Waals surface area contributed by atoms with Crippen molar-refractivity contribution in [2.75, 3.05) is 11.1 Å². The number of benzene rings is 2. The smallest absolute Gasteiger partial charge is 0.164 e. The minimum absolute atomic E-state index is 0.502. The van der Waals surface area contributed by atoms with Gasteiger partial charge in [0, 0.05) is 16.5 Å². The Morgan fingerprint density at radius 2 is 1.88 bits per heavy atom. The lowest BCUT2D eigenvalue weighted by molar-refractivity contribution is 1.03. The predicted molar refractivity (Wildman–Crippen MR) is 101 cm³/mol. The van der Waals surface area contributed by atoms with Crippen LogP contribution in [0, 0.1) is 0 Å². The molecule has 2 aromatic carbocycles. The van der Waals surface area contributed by atoms with E-state index in [9.17, 15) is 0 Å². The standard InChI is InChI=1S/C18H14N8/c19-13-9-21-26-18(22-11-6-5-10-8-20-23-15(10)7-11)16(13)17-12-3-1-2-4-14(12)24-25-17/h1-9H,(H,20,23)(H,24,25)(H3,19,22,26). The molecule has 0 aliphatic heterocycles. The van der Waals surface area contributed by atoms with Gasteiger partial charge in [0.05, 0.1) is 34.7 Å². The normalized spacial score (nSPS) is 11.2. The van der Waals surface area contributed by atoms with E-state index in [2.05, 4.69) is 35.9 Å². The van der Waals surface area contributed by atoms with Crippen molar-refractivity contribution in [3.05, 3.63) is 54.9 Å². The van der Waals surface area contributed by atoms with Gasteiger partial charge in [-0.05, 0) is 24.3 Å². The van der Waals surface area contributed by atoms with E-state index in [1.807, 2.05) is 42.5 Å². The molecule has 126 valence electrons. The van der Waals surface area contributed by atoms with E-state index in [-0.39, 0.29) is 0 Å². The molecular formula is C18H14N8. The van der Waals surface area contributed by atoms with Gasteiger partial charge >= 0.3 is 0 Å². The number of aromatic amines is 2. The zero-order valence-electron chi connectivity index (χ0n) is 13.6. The summed E-state index contributed by atoms with van der Waals surface area (Å²) in [6, 6.07) is 13.8. The first-order valence-electron chi connectivity index (χ1n) is 8.04. The van der Waals surface area contributed by atoms with E-state index in [4.69, 9.17) is 5.73 Å². The van der Waals surface area contributed by atoms with E-state index < -0.39 is 0 Å². The Balaban J connectivity index is 1.64. The SMILES string of the molecule is Nc1cnnc(Nc2ccc3cn[nH]c3c2)c1-c1n[nH]c2ccccc12. The van der Waals surface area contributed by atoms with Crippen LogP contribution < -0.4 is 11.1 Å². The Kier molecular flexibility index (Phi) is 3.08. The molecule has 0 saturated carbocycles. The number of nitrogens with two attached hydrogens (primary N) is 1. The molecule has 8 nitrogen and oxygen atoms in total. The Hall–Kier alpha value is -3.94. The van der Waals surface area contributed by atoms with Gasteiger partial charge in [-0.3, -0.25) is 10.2 Å². The van der Waals surface area contributed by atoms with Crippen LogP contribution in [0.25, 0.3) is 33.1 Å². The molecule has 0 aliphatic carbocycles.